The normalized spacial score (nSPS) is 12.2. The van der Waals surface area contributed by atoms with Crippen LogP contribution in [0, 0.1) is 0 Å². The van der Waals surface area contributed by atoms with Crippen LogP contribution in [0.5, 0.6) is 11.5 Å². The summed E-state index contributed by atoms with van der Waals surface area (Å²) in [6, 6.07) is 11.6. The van der Waals surface area contributed by atoms with Gasteiger partial charge in [0.15, 0.2) is 6.10 Å². The smallest absolute Gasteiger partial charge is 0.431 e. The fourth-order valence-corrected chi connectivity index (χ4v) is 3.47. The largest absolute Gasteiger partial charge is 0.489 e. The van der Waals surface area contributed by atoms with Gasteiger partial charge in [-0.25, -0.2) is 14.2 Å². The van der Waals surface area contributed by atoms with Crippen molar-refractivity contribution in [2.24, 2.45) is 7.05 Å². The highest BCUT2D eigenvalue weighted by molar-refractivity contribution is 5.74. The van der Waals surface area contributed by atoms with Crippen molar-refractivity contribution in [3.63, 3.8) is 0 Å². The van der Waals surface area contributed by atoms with Gasteiger partial charge in [-0.05, 0) is 55.3 Å². The molecule has 0 radical (unpaired) electrons. The Bertz CT molecular complexity index is 1360. The molecule has 1 atom stereocenters. The van der Waals surface area contributed by atoms with Crippen molar-refractivity contribution in [3.8, 4) is 17.2 Å². The molecule has 3 rings (SSSR count). The summed E-state index contributed by atoms with van der Waals surface area (Å²) in [7, 11) is 2.22. The number of benzene rings is 2. The van der Waals surface area contributed by atoms with E-state index in [1.165, 1.54) is 31.4 Å². The molecule has 0 amide bonds. The number of rotatable bonds is 8. The van der Waals surface area contributed by atoms with Gasteiger partial charge in [-0.2, -0.15) is 13.2 Å². The first kappa shape index (κ1) is 26.6. The van der Waals surface area contributed by atoms with Crippen molar-refractivity contribution in [1.82, 2.24) is 9.13 Å². The van der Waals surface area contributed by atoms with E-state index in [4.69, 9.17) is 14.2 Å². The molecule has 0 unspecified atom stereocenters. The average molecular weight is 506 g/mol. The average Bonchev–Trinajstić information content (AvgIpc) is 2.85. The predicted octanol–water partition coefficient (Wildman–Crippen LogP) is 3.64. The summed E-state index contributed by atoms with van der Waals surface area (Å²) in [4.78, 5) is 36.5. The number of nitrogens with zero attached hydrogens (tertiary/aromatic N) is 2. The Hall–Kier alpha value is -4.02. The van der Waals surface area contributed by atoms with Crippen LogP contribution in [-0.2, 0) is 35.8 Å². The maximum atomic E-state index is 13.1. The van der Waals surface area contributed by atoms with Gasteiger partial charge < -0.3 is 14.2 Å². The molecule has 0 saturated heterocycles. The molecule has 3 aromatic rings. The number of hydrogen-bond donors (Lipinski definition) is 0. The molecule has 0 N–H and O–H groups in total. The third kappa shape index (κ3) is 5.78. The number of esters is 1. The van der Waals surface area contributed by atoms with E-state index in [9.17, 15) is 27.6 Å². The Balaban J connectivity index is 1.84. The second kappa shape index (κ2) is 10.7. The minimum absolute atomic E-state index is 0.0818. The molecule has 1 heterocycles. The molecule has 192 valence electrons. The Labute approximate surface area is 204 Å². The van der Waals surface area contributed by atoms with Gasteiger partial charge in [0.05, 0.1) is 12.8 Å². The molecule has 0 fully saturated rings. The molecule has 0 bridgehead atoms. The molecular formula is C25H25F3N2O6. The van der Waals surface area contributed by atoms with Crippen LogP contribution in [0.25, 0.3) is 5.69 Å². The topological polar surface area (TPSA) is 88.8 Å². The molecule has 36 heavy (non-hydrogen) atoms. The molecule has 0 saturated carbocycles. The Morgan fingerprint density at radius 2 is 1.72 bits per heavy atom. The summed E-state index contributed by atoms with van der Waals surface area (Å²) in [6.07, 6.45) is -4.90. The third-order valence-corrected chi connectivity index (χ3v) is 5.47. The summed E-state index contributed by atoms with van der Waals surface area (Å²) in [5.41, 5.74) is -1.76. The Morgan fingerprint density at radius 3 is 2.31 bits per heavy atom. The number of aromatic nitrogens is 2. The maximum absolute atomic E-state index is 13.1. The zero-order chi connectivity index (χ0) is 26.6. The fourth-order valence-electron chi connectivity index (χ4n) is 3.47. The first-order chi connectivity index (χ1) is 17.0. The summed E-state index contributed by atoms with van der Waals surface area (Å²) in [5, 5.41) is 0. The summed E-state index contributed by atoms with van der Waals surface area (Å²) in [5.74, 6) is 0.299. The number of ether oxygens (including phenoxy) is 3. The number of hydrogen-bond acceptors (Lipinski definition) is 6. The molecule has 11 heteroatoms. The lowest BCUT2D eigenvalue weighted by Crippen LogP contribution is -2.40. The van der Waals surface area contributed by atoms with Crippen molar-refractivity contribution in [1.29, 1.82) is 0 Å². The molecule has 0 aliphatic heterocycles. The highest BCUT2D eigenvalue weighted by Gasteiger charge is 2.35. The molecule has 0 aliphatic rings. The minimum Gasteiger partial charge on any atom is -0.489 e. The van der Waals surface area contributed by atoms with E-state index in [0.29, 0.717) is 32.3 Å². The molecule has 1 aromatic heterocycles. The lowest BCUT2D eigenvalue weighted by molar-refractivity contribution is -0.148. The quantitative estimate of drug-likeness (QED) is 0.434. The fraction of sp³-hybridized carbons (Fsp3) is 0.320. The SMILES string of the molecule is CCc1ccc(O[C@@H](C)C(=O)OC)c(COc2ccc(-n3c(=O)cc(C(F)(F)F)n(C)c3=O)cc2)c1. The van der Waals surface area contributed by atoms with Crippen LogP contribution >= 0.6 is 0 Å². The van der Waals surface area contributed by atoms with Gasteiger partial charge in [0, 0.05) is 18.7 Å². The van der Waals surface area contributed by atoms with Gasteiger partial charge in [0.25, 0.3) is 5.56 Å². The van der Waals surface area contributed by atoms with Crippen molar-refractivity contribution in [2.75, 3.05) is 7.11 Å². The van der Waals surface area contributed by atoms with Crippen LogP contribution in [0.15, 0.2) is 58.1 Å². The Kier molecular flexibility index (Phi) is 7.91. The van der Waals surface area contributed by atoms with Gasteiger partial charge in [-0.1, -0.05) is 13.0 Å². The van der Waals surface area contributed by atoms with E-state index >= 15 is 0 Å². The number of methoxy groups -OCH3 is 1. The van der Waals surface area contributed by atoms with Crippen LogP contribution in [0.2, 0.25) is 0 Å². The van der Waals surface area contributed by atoms with Crippen LogP contribution in [0.3, 0.4) is 0 Å². The number of carbonyl (C=O) groups excluding carboxylic acids is 1. The first-order valence-corrected chi connectivity index (χ1v) is 11.0. The highest BCUT2D eigenvalue weighted by atomic mass is 19.4. The third-order valence-electron chi connectivity index (χ3n) is 5.47. The number of carbonyl (C=O) groups is 1. The van der Waals surface area contributed by atoms with Crippen LogP contribution in [0.4, 0.5) is 13.2 Å². The summed E-state index contributed by atoms with van der Waals surface area (Å²) < 4.78 is 56.5. The highest BCUT2D eigenvalue weighted by Crippen LogP contribution is 2.27. The first-order valence-electron chi connectivity index (χ1n) is 11.0. The zero-order valence-corrected chi connectivity index (χ0v) is 20.1. The van der Waals surface area contributed by atoms with E-state index in [0.717, 1.165) is 19.0 Å². The van der Waals surface area contributed by atoms with Gasteiger partial charge in [0.1, 0.15) is 23.8 Å². The van der Waals surface area contributed by atoms with Gasteiger partial charge in [-0.3, -0.25) is 9.36 Å². The lowest BCUT2D eigenvalue weighted by atomic mass is 10.1. The van der Waals surface area contributed by atoms with Crippen molar-refractivity contribution in [2.45, 2.75) is 39.2 Å². The van der Waals surface area contributed by atoms with E-state index < -0.39 is 35.2 Å². The second-order valence-corrected chi connectivity index (χ2v) is 7.90. The van der Waals surface area contributed by atoms with Crippen LogP contribution < -0.4 is 20.7 Å². The maximum Gasteiger partial charge on any atom is 0.431 e. The van der Waals surface area contributed by atoms with Gasteiger partial charge in [-0.15, -0.1) is 0 Å². The molecule has 8 nitrogen and oxygen atoms in total. The minimum atomic E-state index is -4.84. The predicted molar refractivity (Wildman–Crippen MR) is 125 cm³/mol. The monoisotopic (exact) mass is 506 g/mol. The van der Waals surface area contributed by atoms with Crippen molar-refractivity contribution in [3.05, 3.63) is 86.2 Å². The Morgan fingerprint density at radius 1 is 1.06 bits per heavy atom. The van der Waals surface area contributed by atoms with E-state index in [1.54, 1.807) is 13.0 Å². The van der Waals surface area contributed by atoms with Gasteiger partial charge >= 0.3 is 17.8 Å². The zero-order valence-electron chi connectivity index (χ0n) is 20.1. The second-order valence-electron chi connectivity index (χ2n) is 7.90. The van der Waals surface area contributed by atoms with Crippen LogP contribution in [0.1, 0.15) is 30.7 Å². The molecular weight excluding hydrogens is 481 g/mol. The number of alkyl halides is 3. The molecule has 2 aromatic carbocycles. The summed E-state index contributed by atoms with van der Waals surface area (Å²) >= 11 is 0. The number of aryl methyl sites for hydroxylation is 1. The van der Waals surface area contributed by atoms with E-state index in [2.05, 4.69) is 0 Å². The van der Waals surface area contributed by atoms with Crippen molar-refractivity contribution < 1.29 is 32.2 Å². The molecule has 0 spiro atoms. The summed E-state index contributed by atoms with van der Waals surface area (Å²) in [6.45, 7) is 3.64. The van der Waals surface area contributed by atoms with Crippen molar-refractivity contribution >= 4 is 5.97 Å². The van der Waals surface area contributed by atoms with E-state index in [-0.39, 0.29) is 12.3 Å². The lowest BCUT2D eigenvalue weighted by Gasteiger charge is -2.17. The standard InChI is InChI=1S/C25H25F3N2O6/c1-5-16-6-11-20(36-15(2)23(32)34-4)17(12-16)14-35-19-9-7-18(8-10-19)30-22(31)13-21(25(26,27)28)29(3)24(30)33/h6-13,15H,5,14H2,1-4H3/t15-/m0/s1. The van der Waals surface area contributed by atoms with Crippen LogP contribution in [-0.4, -0.2) is 28.3 Å². The van der Waals surface area contributed by atoms with Gasteiger partial charge in [0.2, 0.25) is 0 Å². The molecule has 0 aliphatic carbocycles. The number of halogens is 3. The van der Waals surface area contributed by atoms with E-state index in [1.807, 2.05) is 19.1 Å².